The van der Waals surface area contributed by atoms with Gasteiger partial charge in [0.1, 0.15) is 0 Å². The quantitative estimate of drug-likeness (QED) is 0.487. The van der Waals surface area contributed by atoms with Crippen LogP contribution >= 0.6 is 34.5 Å². The molecule has 0 aliphatic carbocycles. The average molecular weight is 335 g/mol. The van der Waals surface area contributed by atoms with Crippen LogP contribution in [0.2, 0.25) is 5.02 Å². The number of halogens is 2. The molecule has 0 aliphatic rings. The van der Waals surface area contributed by atoms with Crippen LogP contribution in [0.1, 0.15) is 11.1 Å². The predicted octanol–water partition coefficient (Wildman–Crippen LogP) is 6.19. The maximum Gasteiger partial charge on any atom is 0.0408 e. The Labute approximate surface area is 139 Å². The van der Waals surface area contributed by atoms with E-state index in [1.54, 1.807) is 0 Å². The first-order chi connectivity index (χ1) is 10.3. The van der Waals surface area contributed by atoms with E-state index in [2.05, 4.69) is 35.7 Å². The minimum atomic E-state index is 0.433. The van der Waals surface area contributed by atoms with E-state index in [1.807, 2.05) is 29.5 Å². The Morgan fingerprint density at radius 3 is 2.67 bits per heavy atom. The van der Waals surface area contributed by atoms with Crippen molar-refractivity contribution in [1.29, 1.82) is 0 Å². The van der Waals surface area contributed by atoms with Gasteiger partial charge in [0.25, 0.3) is 0 Å². The smallest absolute Gasteiger partial charge is 0.0408 e. The van der Waals surface area contributed by atoms with E-state index in [-0.39, 0.29) is 0 Å². The standard InChI is InChI=1S/C18H16Cl2S/c19-11-14(8-13-4-3-5-16(20)10-13)9-15-12-21-18-7-2-1-6-17(15)18/h1-7,10,12,14H,8-9,11H2. The summed E-state index contributed by atoms with van der Waals surface area (Å²) in [5.41, 5.74) is 2.66. The van der Waals surface area contributed by atoms with E-state index in [0.717, 1.165) is 17.9 Å². The van der Waals surface area contributed by atoms with Gasteiger partial charge in [-0.2, -0.15) is 0 Å². The fourth-order valence-corrected chi connectivity index (χ4v) is 4.09. The van der Waals surface area contributed by atoms with E-state index < -0.39 is 0 Å². The van der Waals surface area contributed by atoms with Crippen LogP contribution in [-0.4, -0.2) is 5.88 Å². The Kier molecular flexibility index (Phi) is 4.84. The summed E-state index contributed by atoms with van der Waals surface area (Å²) < 4.78 is 1.35. The number of thiophene rings is 1. The van der Waals surface area contributed by atoms with Crippen LogP contribution in [0.15, 0.2) is 53.9 Å². The lowest BCUT2D eigenvalue weighted by Crippen LogP contribution is -2.09. The zero-order chi connectivity index (χ0) is 14.7. The largest absolute Gasteiger partial charge is 0.144 e. The Hall–Kier alpha value is -1.02. The number of hydrogen-bond acceptors (Lipinski definition) is 1. The molecular weight excluding hydrogens is 319 g/mol. The Morgan fingerprint density at radius 2 is 1.86 bits per heavy atom. The maximum atomic E-state index is 6.20. The van der Waals surface area contributed by atoms with Crippen molar-refractivity contribution in [3.63, 3.8) is 0 Å². The summed E-state index contributed by atoms with van der Waals surface area (Å²) in [5.74, 6) is 1.10. The lowest BCUT2D eigenvalue weighted by atomic mass is 9.94. The van der Waals surface area contributed by atoms with Gasteiger partial charge < -0.3 is 0 Å². The van der Waals surface area contributed by atoms with Gasteiger partial charge in [0, 0.05) is 15.6 Å². The summed E-state index contributed by atoms with van der Waals surface area (Å²) in [6.07, 6.45) is 1.98. The van der Waals surface area contributed by atoms with Crippen molar-refractivity contribution in [2.24, 2.45) is 5.92 Å². The number of benzene rings is 2. The van der Waals surface area contributed by atoms with Crippen molar-refractivity contribution in [2.45, 2.75) is 12.8 Å². The van der Waals surface area contributed by atoms with Crippen LogP contribution in [0.4, 0.5) is 0 Å². The monoisotopic (exact) mass is 334 g/mol. The second kappa shape index (κ2) is 6.83. The van der Waals surface area contributed by atoms with Gasteiger partial charge in [-0.05, 0) is 58.9 Å². The van der Waals surface area contributed by atoms with Crippen molar-refractivity contribution < 1.29 is 0 Å². The summed E-state index contributed by atoms with van der Waals surface area (Å²) in [5, 5.41) is 4.42. The third-order valence-electron chi connectivity index (χ3n) is 3.70. The molecule has 0 aliphatic heterocycles. The SMILES string of the molecule is ClCC(Cc1cccc(Cl)c1)Cc1csc2ccccc12. The Balaban J connectivity index is 1.78. The molecule has 1 unspecified atom stereocenters. The second-order valence-corrected chi connectivity index (χ2v) is 6.97. The highest BCUT2D eigenvalue weighted by atomic mass is 35.5. The minimum absolute atomic E-state index is 0.433. The van der Waals surface area contributed by atoms with Crippen molar-refractivity contribution in [3.8, 4) is 0 Å². The first-order valence-corrected chi connectivity index (χ1v) is 8.81. The fraction of sp³-hybridized carbons (Fsp3) is 0.222. The van der Waals surface area contributed by atoms with E-state index in [1.165, 1.54) is 21.2 Å². The second-order valence-electron chi connectivity index (χ2n) is 5.32. The summed E-state index contributed by atoms with van der Waals surface area (Å²) >= 11 is 14.1. The molecule has 0 nitrogen and oxygen atoms in total. The van der Waals surface area contributed by atoms with E-state index in [9.17, 15) is 0 Å². The Morgan fingerprint density at radius 1 is 1.00 bits per heavy atom. The molecule has 0 N–H and O–H groups in total. The normalized spacial score (nSPS) is 12.7. The van der Waals surface area contributed by atoms with Crippen LogP contribution < -0.4 is 0 Å². The van der Waals surface area contributed by atoms with Crippen LogP contribution in [0.25, 0.3) is 10.1 Å². The molecule has 108 valence electrons. The molecule has 3 heteroatoms. The molecule has 0 saturated heterocycles. The van der Waals surface area contributed by atoms with Gasteiger partial charge in [-0.15, -0.1) is 22.9 Å². The number of fused-ring (bicyclic) bond motifs is 1. The molecule has 1 heterocycles. The highest BCUT2D eigenvalue weighted by Gasteiger charge is 2.13. The first kappa shape index (κ1) is 14.9. The van der Waals surface area contributed by atoms with Crippen molar-refractivity contribution >= 4 is 44.6 Å². The van der Waals surface area contributed by atoms with Gasteiger partial charge in [0.2, 0.25) is 0 Å². The number of alkyl halides is 1. The molecule has 3 aromatic rings. The third-order valence-corrected chi connectivity index (χ3v) is 5.39. The molecule has 1 aromatic heterocycles. The molecular formula is C18H16Cl2S. The molecule has 0 saturated carbocycles. The number of rotatable bonds is 5. The zero-order valence-electron chi connectivity index (χ0n) is 11.6. The molecule has 3 rings (SSSR count). The van der Waals surface area contributed by atoms with Crippen molar-refractivity contribution in [2.75, 3.05) is 5.88 Å². The van der Waals surface area contributed by atoms with Crippen LogP contribution in [0.5, 0.6) is 0 Å². The summed E-state index contributed by atoms with van der Waals surface area (Å²) in [7, 11) is 0. The molecule has 0 fully saturated rings. The van der Waals surface area contributed by atoms with Crippen LogP contribution in [0.3, 0.4) is 0 Å². The molecule has 1 atom stereocenters. The highest BCUT2D eigenvalue weighted by molar-refractivity contribution is 7.17. The van der Waals surface area contributed by atoms with E-state index in [4.69, 9.17) is 23.2 Å². The van der Waals surface area contributed by atoms with Gasteiger partial charge in [0.05, 0.1) is 0 Å². The Bertz CT molecular complexity index is 733. The lowest BCUT2D eigenvalue weighted by Gasteiger charge is -2.14. The minimum Gasteiger partial charge on any atom is -0.144 e. The fourth-order valence-electron chi connectivity index (χ4n) is 2.68. The maximum absolute atomic E-state index is 6.20. The van der Waals surface area contributed by atoms with Gasteiger partial charge in [0.15, 0.2) is 0 Å². The predicted molar refractivity (Wildman–Crippen MR) is 94.9 cm³/mol. The van der Waals surface area contributed by atoms with Crippen molar-refractivity contribution in [1.82, 2.24) is 0 Å². The van der Waals surface area contributed by atoms with E-state index >= 15 is 0 Å². The van der Waals surface area contributed by atoms with Gasteiger partial charge in [-0.1, -0.05) is 41.9 Å². The van der Waals surface area contributed by atoms with Crippen LogP contribution in [0, 0.1) is 5.92 Å². The van der Waals surface area contributed by atoms with E-state index in [0.29, 0.717) is 11.8 Å². The molecule has 2 aromatic carbocycles. The first-order valence-electron chi connectivity index (χ1n) is 7.02. The van der Waals surface area contributed by atoms with Crippen molar-refractivity contribution in [3.05, 3.63) is 70.1 Å². The molecule has 21 heavy (non-hydrogen) atoms. The van der Waals surface area contributed by atoms with Crippen LogP contribution in [-0.2, 0) is 12.8 Å². The highest BCUT2D eigenvalue weighted by Crippen LogP contribution is 2.29. The average Bonchev–Trinajstić information content (AvgIpc) is 2.90. The molecule has 0 radical (unpaired) electrons. The van der Waals surface area contributed by atoms with Gasteiger partial charge in [-0.3, -0.25) is 0 Å². The summed E-state index contributed by atoms with van der Waals surface area (Å²) in [6, 6.07) is 16.6. The number of hydrogen-bond donors (Lipinski definition) is 0. The third kappa shape index (κ3) is 3.60. The summed E-state index contributed by atoms with van der Waals surface area (Å²) in [6.45, 7) is 0. The molecule has 0 amide bonds. The lowest BCUT2D eigenvalue weighted by molar-refractivity contribution is 0.587. The zero-order valence-corrected chi connectivity index (χ0v) is 13.9. The molecule has 0 spiro atoms. The summed E-state index contributed by atoms with van der Waals surface area (Å²) in [4.78, 5) is 0. The van der Waals surface area contributed by atoms with Gasteiger partial charge in [-0.25, -0.2) is 0 Å². The topological polar surface area (TPSA) is 0 Å². The van der Waals surface area contributed by atoms with Gasteiger partial charge >= 0.3 is 0 Å². The molecule has 0 bridgehead atoms.